The summed E-state index contributed by atoms with van der Waals surface area (Å²) in [5.41, 5.74) is 2.48. The van der Waals surface area contributed by atoms with Crippen molar-refractivity contribution in [2.45, 2.75) is 20.4 Å². The van der Waals surface area contributed by atoms with Crippen molar-refractivity contribution < 1.29 is 4.92 Å². The van der Waals surface area contributed by atoms with Gasteiger partial charge in [-0.3, -0.25) is 10.1 Å². The van der Waals surface area contributed by atoms with E-state index in [1.54, 1.807) is 25.3 Å². The molecule has 0 amide bonds. The quantitative estimate of drug-likeness (QED) is 0.685. The first-order chi connectivity index (χ1) is 8.97. The summed E-state index contributed by atoms with van der Waals surface area (Å²) in [7, 11) is 0. The second kappa shape index (κ2) is 5.54. The molecular weight excluding hydrogens is 286 g/mol. The predicted octanol–water partition coefficient (Wildman–Crippen LogP) is 3.93. The number of nitro groups is 1. The van der Waals surface area contributed by atoms with Crippen molar-refractivity contribution in [3.63, 3.8) is 0 Å². The Bertz CT molecular complexity index is 627. The molecule has 2 aromatic rings. The van der Waals surface area contributed by atoms with Gasteiger partial charge in [0.1, 0.15) is 9.34 Å². The van der Waals surface area contributed by atoms with Gasteiger partial charge in [0.15, 0.2) is 0 Å². The summed E-state index contributed by atoms with van der Waals surface area (Å²) in [4.78, 5) is 14.7. The highest BCUT2D eigenvalue weighted by Gasteiger charge is 2.13. The van der Waals surface area contributed by atoms with Crippen LogP contribution in [0.3, 0.4) is 0 Å². The molecule has 1 heterocycles. The summed E-state index contributed by atoms with van der Waals surface area (Å²) < 4.78 is 0.628. The second-order valence-corrected chi connectivity index (χ2v) is 5.87. The molecular formula is C12H12ClN3O2S. The van der Waals surface area contributed by atoms with E-state index < -0.39 is 0 Å². The number of anilines is 1. The minimum Gasteiger partial charge on any atom is -0.378 e. The van der Waals surface area contributed by atoms with Gasteiger partial charge in [-0.2, -0.15) is 0 Å². The van der Waals surface area contributed by atoms with E-state index in [0.717, 1.165) is 16.3 Å². The van der Waals surface area contributed by atoms with Crippen LogP contribution in [-0.2, 0) is 6.54 Å². The third kappa shape index (κ3) is 3.21. The van der Waals surface area contributed by atoms with Crippen LogP contribution in [0.5, 0.6) is 0 Å². The van der Waals surface area contributed by atoms with E-state index in [1.165, 1.54) is 11.3 Å². The summed E-state index contributed by atoms with van der Waals surface area (Å²) in [6, 6.07) is 3.36. The number of nitrogens with zero attached hydrogens (tertiary/aromatic N) is 2. The lowest BCUT2D eigenvalue weighted by Crippen LogP contribution is -2.02. The fourth-order valence-corrected chi connectivity index (χ4v) is 2.66. The van der Waals surface area contributed by atoms with E-state index in [9.17, 15) is 10.1 Å². The molecule has 0 fully saturated rings. The Morgan fingerprint density at radius 1 is 1.42 bits per heavy atom. The third-order valence-electron chi connectivity index (χ3n) is 2.70. The largest absolute Gasteiger partial charge is 0.378 e. The van der Waals surface area contributed by atoms with Crippen molar-refractivity contribution >= 4 is 34.3 Å². The number of hydrogen-bond acceptors (Lipinski definition) is 5. The SMILES string of the molecule is Cc1cc(C)c([N+](=O)[O-])cc1NCc1ncc(Cl)s1. The van der Waals surface area contributed by atoms with Crippen LogP contribution in [0.4, 0.5) is 11.4 Å². The molecule has 0 unspecified atom stereocenters. The summed E-state index contributed by atoms with van der Waals surface area (Å²) >= 11 is 7.18. The van der Waals surface area contributed by atoms with Gasteiger partial charge in [0.2, 0.25) is 0 Å². The van der Waals surface area contributed by atoms with Crippen LogP contribution in [-0.4, -0.2) is 9.91 Å². The van der Waals surface area contributed by atoms with E-state index in [2.05, 4.69) is 10.3 Å². The average molecular weight is 298 g/mol. The number of benzene rings is 1. The zero-order valence-electron chi connectivity index (χ0n) is 10.4. The van der Waals surface area contributed by atoms with Crippen LogP contribution in [0.2, 0.25) is 4.34 Å². The number of rotatable bonds is 4. The van der Waals surface area contributed by atoms with Crippen molar-refractivity contribution in [3.8, 4) is 0 Å². The van der Waals surface area contributed by atoms with Gasteiger partial charge in [0.25, 0.3) is 5.69 Å². The van der Waals surface area contributed by atoms with Crippen molar-refractivity contribution in [1.29, 1.82) is 0 Å². The van der Waals surface area contributed by atoms with E-state index in [0.29, 0.717) is 16.4 Å². The maximum atomic E-state index is 10.9. The Balaban J connectivity index is 2.20. The number of thiazole rings is 1. The molecule has 19 heavy (non-hydrogen) atoms. The molecule has 2 rings (SSSR count). The van der Waals surface area contributed by atoms with Crippen LogP contribution in [0.15, 0.2) is 18.3 Å². The fraction of sp³-hybridized carbons (Fsp3) is 0.250. The Morgan fingerprint density at radius 2 is 2.16 bits per heavy atom. The van der Waals surface area contributed by atoms with Crippen molar-refractivity contribution in [3.05, 3.63) is 48.9 Å². The summed E-state index contributed by atoms with van der Waals surface area (Å²) in [5, 5.41) is 14.9. The minimum absolute atomic E-state index is 0.116. The number of halogens is 1. The first-order valence-electron chi connectivity index (χ1n) is 5.57. The number of nitro benzene ring substituents is 1. The maximum absolute atomic E-state index is 10.9. The Kier molecular flexibility index (Phi) is 4.01. The van der Waals surface area contributed by atoms with Crippen LogP contribution in [0.1, 0.15) is 16.1 Å². The molecule has 1 aromatic heterocycles. The number of nitrogens with one attached hydrogen (secondary N) is 1. The number of aromatic nitrogens is 1. The second-order valence-electron chi connectivity index (χ2n) is 4.12. The van der Waals surface area contributed by atoms with E-state index in [1.807, 2.05) is 6.92 Å². The van der Waals surface area contributed by atoms with E-state index in [4.69, 9.17) is 11.6 Å². The lowest BCUT2D eigenvalue weighted by atomic mass is 10.1. The molecule has 0 aliphatic rings. The molecule has 0 spiro atoms. The van der Waals surface area contributed by atoms with Crippen LogP contribution in [0.25, 0.3) is 0 Å². The monoisotopic (exact) mass is 297 g/mol. The molecule has 5 nitrogen and oxygen atoms in total. The van der Waals surface area contributed by atoms with Gasteiger partial charge in [-0.05, 0) is 25.5 Å². The highest BCUT2D eigenvalue weighted by atomic mass is 35.5. The topological polar surface area (TPSA) is 68.1 Å². The maximum Gasteiger partial charge on any atom is 0.274 e. The van der Waals surface area contributed by atoms with Gasteiger partial charge < -0.3 is 5.32 Å². The van der Waals surface area contributed by atoms with Crippen LogP contribution in [0, 0.1) is 24.0 Å². The zero-order valence-corrected chi connectivity index (χ0v) is 12.0. The van der Waals surface area contributed by atoms with Crippen LogP contribution < -0.4 is 5.32 Å². The molecule has 1 aromatic carbocycles. The van der Waals surface area contributed by atoms with Crippen molar-refractivity contribution in [2.75, 3.05) is 5.32 Å². The molecule has 0 saturated carbocycles. The molecule has 0 bridgehead atoms. The summed E-state index contributed by atoms with van der Waals surface area (Å²) in [6.07, 6.45) is 1.59. The lowest BCUT2D eigenvalue weighted by molar-refractivity contribution is -0.385. The minimum atomic E-state index is -0.375. The Hall–Kier alpha value is -1.66. The Labute approximate surface area is 119 Å². The number of aryl methyl sites for hydroxylation is 2. The standard InChI is InChI=1S/C12H12ClN3O2S/c1-7-3-8(2)10(16(17)18)4-9(7)14-6-12-15-5-11(13)19-12/h3-5,14H,6H2,1-2H3. The molecule has 0 aliphatic heterocycles. The number of hydrogen-bond donors (Lipinski definition) is 1. The van der Waals surface area contributed by atoms with Crippen LogP contribution >= 0.6 is 22.9 Å². The molecule has 0 atom stereocenters. The van der Waals surface area contributed by atoms with Crippen molar-refractivity contribution in [1.82, 2.24) is 4.98 Å². The fourth-order valence-electron chi connectivity index (χ4n) is 1.77. The highest BCUT2D eigenvalue weighted by molar-refractivity contribution is 7.15. The van der Waals surface area contributed by atoms with Gasteiger partial charge >= 0.3 is 0 Å². The molecule has 1 N–H and O–H groups in total. The first-order valence-corrected chi connectivity index (χ1v) is 6.76. The Morgan fingerprint density at radius 3 is 2.74 bits per heavy atom. The average Bonchev–Trinajstić information content (AvgIpc) is 2.73. The lowest BCUT2D eigenvalue weighted by Gasteiger charge is -2.09. The zero-order chi connectivity index (χ0) is 14.0. The molecule has 0 aliphatic carbocycles. The van der Waals surface area contributed by atoms with Gasteiger partial charge in [0, 0.05) is 17.3 Å². The molecule has 0 saturated heterocycles. The molecule has 100 valence electrons. The first kappa shape index (κ1) is 13.8. The van der Waals surface area contributed by atoms with E-state index in [-0.39, 0.29) is 10.6 Å². The van der Waals surface area contributed by atoms with E-state index >= 15 is 0 Å². The highest BCUT2D eigenvalue weighted by Crippen LogP contribution is 2.27. The van der Waals surface area contributed by atoms with Gasteiger partial charge in [0.05, 0.1) is 17.7 Å². The van der Waals surface area contributed by atoms with Gasteiger partial charge in [-0.1, -0.05) is 11.6 Å². The molecule has 7 heteroatoms. The van der Waals surface area contributed by atoms with Gasteiger partial charge in [-0.15, -0.1) is 11.3 Å². The third-order valence-corrected chi connectivity index (χ3v) is 3.81. The normalized spacial score (nSPS) is 10.5. The van der Waals surface area contributed by atoms with Gasteiger partial charge in [-0.25, -0.2) is 4.98 Å². The summed E-state index contributed by atoms with van der Waals surface area (Å²) in [6.45, 7) is 4.14. The summed E-state index contributed by atoms with van der Waals surface area (Å²) in [5.74, 6) is 0. The van der Waals surface area contributed by atoms with Crippen molar-refractivity contribution in [2.24, 2.45) is 0 Å². The predicted molar refractivity (Wildman–Crippen MR) is 77.0 cm³/mol. The molecule has 0 radical (unpaired) electrons. The smallest absolute Gasteiger partial charge is 0.274 e.